The van der Waals surface area contributed by atoms with Crippen molar-refractivity contribution in [2.24, 2.45) is 0 Å². The molecule has 28 heavy (non-hydrogen) atoms. The number of aromatic amines is 1. The van der Waals surface area contributed by atoms with Gasteiger partial charge in [-0.2, -0.15) is 0 Å². The van der Waals surface area contributed by atoms with Gasteiger partial charge in [-0.3, -0.25) is 9.10 Å². The highest BCUT2D eigenvalue weighted by Gasteiger charge is 2.28. The minimum absolute atomic E-state index is 0.141. The van der Waals surface area contributed by atoms with Gasteiger partial charge in [0, 0.05) is 35.6 Å². The Morgan fingerprint density at radius 1 is 1.11 bits per heavy atom. The first-order valence-electron chi connectivity index (χ1n) is 9.59. The van der Waals surface area contributed by atoms with Crippen molar-refractivity contribution in [3.8, 4) is 0 Å². The number of nitrogens with one attached hydrogen (secondary N) is 1. The fourth-order valence-corrected chi connectivity index (χ4v) is 5.43. The molecule has 3 aromatic rings. The molecular formula is C22H24N2O3S. The van der Waals surface area contributed by atoms with Crippen LogP contribution >= 0.6 is 0 Å². The van der Waals surface area contributed by atoms with E-state index in [-0.39, 0.29) is 10.7 Å². The van der Waals surface area contributed by atoms with Gasteiger partial charge in [0.05, 0.1) is 10.6 Å². The number of hydrogen-bond acceptors (Lipinski definition) is 3. The summed E-state index contributed by atoms with van der Waals surface area (Å²) in [6.45, 7) is 3.91. The van der Waals surface area contributed by atoms with Crippen LogP contribution in [0.15, 0.2) is 41.3 Å². The average Bonchev–Trinajstić information content (AvgIpc) is 3.05. The van der Waals surface area contributed by atoms with Crippen LogP contribution in [0.3, 0.4) is 0 Å². The number of rotatable bonds is 4. The molecule has 2 aromatic carbocycles. The maximum atomic E-state index is 13.4. The first-order chi connectivity index (χ1) is 13.3. The lowest BCUT2D eigenvalue weighted by Crippen LogP contribution is -2.27. The number of carbonyl (C=O) groups excluding carboxylic acids is 1. The van der Waals surface area contributed by atoms with Crippen LogP contribution < -0.4 is 4.31 Å². The Hall–Kier alpha value is -2.60. The largest absolute Gasteiger partial charge is 0.358 e. The van der Waals surface area contributed by atoms with Gasteiger partial charge >= 0.3 is 0 Å². The van der Waals surface area contributed by atoms with E-state index in [9.17, 15) is 13.2 Å². The molecule has 6 heteroatoms. The molecule has 1 heterocycles. The topological polar surface area (TPSA) is 70.2 Å². The van der Waals surface area contributed by atoms with Crippen molar-refractivity contribution in [1.82, 2.24) is 4.98 Å². The zero-order valence-corrected chi connectivity index (χ0v) is 17.2. The van der Waals surface area contributed by atoms with E-state index in [4.69, 9.17) is 0 Å². The number of H-pyrrole nitrogens is 1. The van der Waals surface area contributed by atoms with Crippen LogP contribution in [0.25, 0.3) is 10.9 Å². The fraction of sp³-hybridized carbons (Fsp3) is 0.318. The number of aromatic nitrogens is 1. The zero-order chi connectivity index (χ0) is 20.1. The molecule has 1 N–H and O–H groups in total. The van der Waals surface area contributed by atoms with E-state index in [0.717, 1.165) is 40.6 Å². The predicted octanol–water partition coefficient (Wildman–Crippen LogP) is 4.38. The first kappa shape index (κ1) is 18.7. The van der Waals surface area contributed by atoms with E-state index in [1.807, 2.05) is 44.2 Å². The Kier molecular flexibility index (Phi) is 4.54. The standard InChI is InChI=1S/C22H24N2O3S/c1-4-15-12-17-19(23-18-6-5-7-20(25)22(17)18)13-21(15)28(26,27)24(3)16-10-8-14(2)9-11-16/h8-13,23H,4-7H2,1-3H3. The van der Waals surface area contributed by atoms with Crippen LogP contribution in [-0.2, 0) is 22.9 Å². The summed E-state index contributed by atoms with van der Waals surface area (Å²) in [6, 6.07) is 11.0. The molecule has 0 saturated carbocycles. The van der Waals surface area contributed by atoms with E-state index in [1.165, 1.54) is 4.31 Å². The summed E-state index contributed by atoms with van der Waals surface area (Å²) >= 11 is 0. The highest BCUT2D eigenvalue weighted by molar-refractivity contribution is 7.92. The smallest absolute Gasteiger partial charge is 0.264 e. The maximum absolute atomic E-state index is 13.4. The van der Waals surface area contributed by atoms with Crippen molar-refractivity contribution in [1.29, 1.82) is 0 Å². The van der Waals surface area contributed by atoms with Gasteiger partial charge in [0.15, 0.2) is 5.78 Å². The molecule has 5 nitrogen and oxygen atoms in total. The van der Waals surface area contributed by atoms with E-state index in [0.29, 0.717) is 24.0 Å². The third-order valence-electron chi connectivity index (χ3n) is 5.58. The summed E-state index contributed by atoms with van der Waals surface area (Å²) < 4.78 is 28.1. The second-order valence-corrected chi connectivity index (χ2v) is 9.36. The van der Waals surface area contributed by atoms with Gasteiger partial charge in [-0.05, 0) is 56.0 Å². The molecule has 0 saturated heterocycles. The zero-order valence-electron chi connectivity index (χ0n) is 16.4. The summed E-state index contributed by atoms with van der Waals surface area (Å²) in [7, 11) is -2.15. The van der Waals surface area contributed by atoms with Crippen molar-refractivity contribution in [3.63, 3.8) is 0 Å². The number of nitrogens with zero attached hydrogens (tertiary/aromatic N) is 1. The van der Waals surface area contributed by atoms with Crippen molar-refractivity contribution in [2.75, 3.05) is 11.4 Å². The minimum atomic E-state index is -3.73. The quantitative estimate of drug-likeness (QED) is 0.711. The van der Waals surface area contributed by atoms with Crippen LogP contribution in [0.1, 0.15) is 46.9 Å². The molecule has 0 bridgehead atoms. The Labute approximate surface area is 165 Å². The fourth-order valence-electron chi connectivity index (χ4n) is 3.94. The van der Waals surface area contributed by atoms with E-state index in [2.05, 4.69) is 4.98 Å². The van der Waals surface area contributed by atoms with Crippen molar-refractivity contribution >= 4 is 32.4 Å². The van der Waals surface area contributed by atoms with Gasteiger partial charge in [0.2, 0.25) is 0 Å². The molecule has 0 radical (unpaired) electrons. The summed E-state index contributed by atoms with van der Waals surface area (Å²) in [6.07, 6.45) is 2.78. The maximum Gasteiger partial charge on any atom is 0.264 e. The number of sulfonamides is 1. The highest BCUT2D eigenvalue weighted by Crippen LogP contribution is 2.34. The predicted molar refractivity (Wildman–Crippen MR) is 112 cm³/mol. The van der Waals surface area contributed by atoms with Gasteiger partial charge in [-0.15, -0.1) is 0 Å². The lowest BCUT2D eigenvalue weighted by molar-refractivity contribution is 0.0974. The number of aryl methyl sites for hydroxylation is 3. The number of Topliss-reactive ketones (excluding diaryl/α,β-unsaturated/α-hetero) is 1. The number of benzene rings is 2. The second-order valence-electron chi connectivity index (χ2n) is 7.42. The highest BCUT2D eigenvalue weighted by atomic mass is 32.2. The normalized spacial score (nSPS) is 14.3. The third-order valence-corrected chi connectivity index (χ3v) is 7.45. The van der Waals surface area contributed by atoms with Gasteiger partial charge in [-0.1, -0.05) is 24.6 Å². The minimum Gasteiger partial charge on any atom is -0.358 e. The molecule has 1 aromatic heterocycles. The number of fused-ring (bicyclic) bond motifs is 3. The monoisotopic (exact) mass is 396 g/mol. The molecule has 0 unspecified atom stereocenters. The lowest BCUT2D eigenvalue weighted by Gasteiger charge is -2.21. The van der Waals surface area contributed by atoms with Gasteiger partial charge in [-0.25, -0.2) is 8.42 Å². The van der Waals surface area contributed by atoms with Gasteiger partial charge < -0.3 is 4.98 Å². The average molecular weight is 397 g/mol. The Morgan fingerprint density at radius 3 is 2.50 bits per heavy atom. The number of anilines is 1. The summed E-state index contributed by atoms with van der Waals surface area (Å²) in [5.74, 6) is 0.141. The van der Waals surface area contributed by atoms with Crippen LogP contribution in [0.2, 0.25) is 0 Å². The Bertz CT molecular complexity index is 1170. The lowest BCUT2D eigenvalue weighted by atomic mass is 9.94. The summed E-state index contributed by atoms with van der Waals surface area (Å²) in [4.78, 5) is 16.0. The Morgan fingerprint density at radius 2 is 1.82 bits per heavy atom. The molecular weight excluding hydrogens is 372 g/mol. The molecule has 0 spiro atoms. The van der Waals surface area contributed by atoms with E-state index >= 15 is 0 Å². The molecule has 146 valence electrons. The van der Waals surface area contributed by atoms with Gasteiger partial charge in [0.25, 0.3) is 10.0 Å². The van der Waals surface area contributed by atoms with Crippen molar-refractivity contribution in [3.05, 3.63) is 58.8 Å². The molecule has 4 rings (SSSR count). The van der Waals surface area contributed by atoms with Crippen molar-refractivity contribution in [2.45, 2.75) is 44.4 Å². The van der Waals surface area contributed by atoms with Crippen LogP contribution in [0, 0.1) is 6.92 Å². The molecule has 0 atom stereocenters. The summed E-state index contributed by atoms with van der Waals surface area (Å²) in [5.41, 5.74) is 4.81. The van der Waals surface area contributed by atoms with Crippen molar-refractivity contribution < 1.29 is 13.2 Å². The molecule has 1 aliphatic rings. The van der Waals surface area contributed by atoms with E-state index in [1.54, 1.807) is 13.1 Å². The number of hydrogen-bond donors (Lipinski definition) is 1. The Balaban J connectivity index is 1.87. The molecule has 0 fully saturated rings. The summed E-state index contributed by atoms with van der Waals surface area (Å²) in [5, 5.41) is 0.841. The number of carbonyl (C=O) groups is 1. The van der Waals surface area contributed by atoms with Gasteiger partial charge in [0.1, 0.15) is 0 Å². The van der Waals surface area contributed by atoms with Crippen LogP contribution in [0.5, 0.6) is 0 Å². The van der Waals surface area contributed by atoms with E-state index < -0.39 is 10.0 Å². The molecule has 1 aliphatic carbocycles. The van der Waals surface area contributed by atoms with Crippen LogP contribution in [0.4, 0.5) is 5.69 Å². The third kappa shape index (κ3) is 2.92. The molecule has 0 amide bonds. The first-order valence-corrected chi connectivity index (χ1v) is 11.0. The van der Waals surface area contributed by atoms with Crippen LogP contribution in [-0.4, -0.2) is 26.2 Å². The number of ketones is 1. The second kappa shape index (κ2) is 6.78. The molecule has 0 aliphatic heterocycles. The SMILES string of the molecule is CCc1cc2c3c([nH]c2cc1S(=O)(=O)N(C)c1ccc(C)cc1)CCCC3=O.